The third-order valence-corrected chi connectivity index (χ3v) is 4.86. The first-order valence-electron chi connectivity index (χ1n) is 6.99. The Morgan fingerprint density at radius 3 is 2.19 bits per heavy atom. The SMILES string of the molecule is CCCC(Nc1c(Br)cc(C)cc1Br)c1ccc(Cl)cc1. The molecule has 1 N–H and O–H groups in total. The van der Waals surface area contributed by atoms with Crippen molar-refractivity contribution in [3.63, 3.8) is 0 Å². The molecule has 0 aliphatic carbocycles. The summed E-state index contributed by atoms with van der Waals surface area (Å²) < 4.78 is 2.15. The topological polar surface area (TPSA) is 12.0 Å². The summed E-state index contributed by atoms with van der Waals surface area (Å²) in [6.07, 6.45) is 2.18. The van der Waals surface area contributed by atoms with Crippen LogP contribution in [0.4, 0.5) is 5.69 Å². The van der Waals surface area contributed by atoms with E-state index < -0.39 is 0 Å². The number of benzene rings is 2. The molecule has 0 saturated carbocycles. The third kappa shape index (κ3) is 4.48. The Morgan fingerprint density at radius 2 is 1.67 bits per heavy atom. The van der Waals surface area contributed by atoms with Gasteiger partial charge in [0.2, 0.25) is 0 Å². The summed E-state index contributed by atoms with van der Waals surface area (Å²) in [6.45, 7) is 4.28. The van der Waals surface area contributed by atoms with Gasteiger partial charge in [-0.2, -0.15) is 0 Å². The molecule has 0 fully saturated rings. The van der Waals surface area contributed by atoms with Crippen LogP contribution in [0, 0.1) is 6.92 Å². The number of nitrogens with one attached hydrogen (secondary N) is 1. The van der Waals surface area contributed by atoms with Crippen molar-refractivity contribution in [2.24, 2.45) is 0 Å². The molecular weight excluding hydrogens is 413 g/mol. The summed E-state index contributed by atoms with van der Waals surface area (Å²) in [5.74, 6) is 0. The number of hydrogen-bond donors (Lipinski definition) is 1. The van der Waals surface area contributed by atoms with Crippen molar-refractivity contribution in [1.82, 2.24) is 0 Å². The van der Waals surface area contributed by atoms with Crippen LogP contribution in [0.2, 0.25) is 5.02 Å². The fraction of sp³-hybridized carbons (Fsp3) is 0.294. The normalized spacial score (nSPS) is 12.2. The van der Waals surface area contributed by atoms with Crippen LogP contribution in [0.1, 0.15) is 36.9 Å². The molecule has 0 radical (unpaired) electrons. The van der Waals surface area contributed by atoms with E-state index in [4.69, 9.17) is 11.6 Å². The number of halogens is 3. The molecule has 0 aliphatic heterocycles. The first-order chi connectivity index (χ1) is 10.0. The standard InChI is InChI=1S/C17H18Br2ClN/c1-3-4-16(12-5-7-13(20)8-6-12)21-17-14(18)9-11(2)10-15(17)19/h5-10,16,21H,3-4H2,1-2H3. The molecule has 0 aromatic heterocycles. The highest BCUT2D eigenvalue weighted by Gasteiger charge is 2.14. The van der Waals surface area contributed by atoms with E-state index in [1.165, 1.54) is 11.1 Å². The Morgan fingerprint density at radius 1 is 1.10 bits per heavy atom. The highest BCUT2D eigenvalue weighted by molar-refractivity contribution is 9.11. The summed E-state index contributed by atoms with van der Waals surface area (Å²) in [5, 5.41) is 4.41. The van der Waals surface area contributed by atoms with Gasteiger partial charge in [0, 0.05) is 14.0 Å². The zero-order valence-electron chi connectivity index (χ0n) is 12.1. The maximum absolute atomic E-state index is 5.99. The van der Waals surface area contributed by atoms with Gasteiger partial charge in [-0.05, 0) is 80.6 Å². The van der Waals surface area contributed by atoms with E-state index in [0.717, 1.165) is 32.5 Å². The van der Waals surface area contributed by atoms with Gasteiger partial charge in [0.25, 0.3) is 0 Å². The van der Waals surface area contributed by atoms with Crippen molar-refractivity contribution >= 4 is 49.1 Å². The molecule has 112 valence electrons. The number of hydrogen-bond acceptors (Lipinski definition) is 1. The Bertz CT molecular complexity index is 588. The molecule has 2 aromatic carbocycles. The summed E-state index contributed by atoms with van der Waals surface area (Å²) >= 11 is 13.3. The molecule has 0 spiro atoms. The lowest BCUT2D eigenvalue weighted by atomic mass is 10.0. The van der Waals surface area contributed by atoms with Crippen LogP contribution in [0.5, 0.6) is 0 Å². The maximum Gasteiger partial charge on any atom is 0.0634 e. The smallest absolute Gasteiger partial charge is 0.0634 e. The second-order valence-corrected chi connectivity index (χ2v) is 7.29. The quantitative estimate of drug-likeness (QED) is 0.531. The lowest BCUT2D eigenvalue weighted by molar-refractivity contribution is 0.677. The monoisotopic (exact) mass is 429 g/mol. The molecule has 0 saturated heterocycles. The van der Waals surface area contributed by atoms with Gasteiger partial charge in [-0.3, -0.25) is 0 Å². The van der Waals surface area contributed by atoms with E-state index in [1.54, 1.807) is 0 Å². The predicted octanol–water partition coefficient (Wildman–Crippen LogP) is 7.13. The number of rotatable bonds is 5. The Labute approximate surface area is 148 Å². The lowest BCUT2D eigenvalue weighted by Crippen LogP contribution is -2.11. The summed E-state index contributed by atoms with van der Waals surface area (Å²) in [7, 11) is 0. The highest BCUT2D eigenvalue weighted by atomic mass is 79.9. The molecule has 21 heavy (non-hydrogen) atoms. The van der Waals surface area contributed by atoms with Gasteiger partial charge >= 0.3 is 0 Å². The molecule has 4 heteroatoms. The minimum absolute atomic E-state index is 0.266. The lowest BCUT2D eigenvalue weighted by Gasteiger charge is -2.22. The van der Waals surface area contributed by atoms with Crippen LogP contribution >= 0.6 is 43.5 Å². The third-order valence-electron chi connectivity index (χ3n) is 3.35. The molecule has 1 atom stereocenters. The first kappa shape index (κ1) is 16.9. The second kappa shape index (κ2) is 7.66. The van der Waals surface area contributed by atoms with Crippen LogP contribution in [0.25, 0.3) is 0 Å². The average molecular weight is 432 g/mol. The fourth-order valence-corrected chi connectivity index (χ4v) is 4.09. The van der Waals surface area contributed by atoms with Crippen LogP contribution in [0.3, 0.4) is 0 Å². The maximum atomic E-state index is 5.99. The van der Waals surface area contributed by atoms with Gasteiger partial charge in [0.15, 0.2) is 0 Å². The van der Waals surface area contributed by atoms with Crippen molar-refractivity contribution in [3.8, 4) is 0 Å². The van der Waals surface area contributed by atoms with E-state index >= 15 is 0 Å². The van der Waals surface area contributed by atoms with Gasteiger partial charge in [-0.15, -0.1) is 0 Å². The highest BCUT2D eigenvalue weighted by Crippen LogP contribution is 2.36. The molecular formula is C17H18Br2ClN. The summed E-state index contributed by atoms with van der Waals surface area (Å²) in [6, 6.07) is 12.6. The van der Waals surface area contributed by atoms with Crippen LogP contribution in [0.15, 0.2) is 45.3 Å². The molecule has 1 nitrogen and oxygen atoms in total. The molecule has 0 amide bonds. The second-order valence-electron chi connectivity index (χ2n) is 5.14. The zero-order valence-corrected chi connectivity index (χ0v) is 16.0. The average Bonchev–Trinajstić information content (AvgIpc) is 2.42. The predicted molar refractivity (Wildman–Crippen MR) is 99.3 cm³/mol. The molecule has 2 aromatic rings. The van der Waals surface area contributed by atoms with Crippen molar-refractivity contribution in [2.75, 3.05) is 5.32 Å². The van der Waals surface area contributed by atoms with Crippen LogP contribution in [-0.4, -0.2) is 0 Å². The Hall–Kier alpha value is -0.510. The minimum Gasteiger partial charge on any atom is -0.376 e. The Kier molecular flexibility index (Phi) is 6.15. The van der Waals surface area contributed by atoms with E-state index in [-0.39, 0.29) is 6.04 Å². The first-order valence-corrected chi connectivity index (χ1v) is 8.95. The molecule has 2 rings (SSSR count). The van der Waals surface area contributed by atoms with Gasteiger partial charge in [0.05, 0.1) is 11.7 Å². The minimum atomic E-state index is 0.266. The van der Waals surface area contributed by atoms with Crippen LogP contribution in [-0.2, 0) is 0 Å². The van der Waals surface area contributed by atoms with Gasteiger partial charge in [-0.1, -0.05) is 37.1 Å². The summed E-state index contributed by atoms with van der Waals surface area (Å²) in [5.41, 5.74) is 3.56. The summed E-state index contributed by atoms with van der Waals surface area (Å²) in [4.78, 5) is 0. The van der Waals surface area contributed by atoms with Crippen molar-refractivity contribution in [3.05, 3.63) is 61.5 Å². The molecule has 0 aliphatic rings. The van der Waals surface area contributed by atoms with Gasteiger partial charge in [-0.25, -0.2) is 0 Å². The van der Waals surface area contributed by atoms with E-state index in [1.807, 2.05) is 12.1 Å². The van der Waals surface area contributed by atoms with Crippen molar-refractivity contribution < 1.29 is 0 Å². The molecule has 0 bridgehead atoms. The van der Waals surface area contributed by atoms with Gasteiger partial charge < -0.3 is 5.32 Å². The van der Waals surface area contributed by atoms with Gasteiger partial charge in [0.1, 0.15) is 0 Å². The molecule has 1 unspecified atom stereocenters. The van der Waals surface area contributed by atoms with E-state index in [2.05, 4.69) is 75.3 Å². The van der Waals surface area contributed by atoms with E-state index in [9.17, 15) is 0 Å². The van der Waals surface area contributed by atoms with Crippen molar-refractivity contribution in [2.45, 2.75) is 32.7 Å². The zero-order chi connectivity index (χ0) is 15.4. The number of anilines is 1. The van der Waals surface area contributed by atoms with Crippen molar-refractivity contribution in [1.29, 1.82) is 0 Å². The van der Waals surface area contributed by atoms with E-state index in [0.29, 0.717) is 0 Å². The Balaban J connectivity index is 2.30. The number of aryl methyl sites for hydroxylation is 1. The van der Waals surface area contributed by atoms with Crippen LogP contribution < -0.4 is 5.32 Å². The molecule has 0 heterocycles. The fourth-order valence-electron chi connectivity index (χ4n) is 2.32. The largest absolute Gasteiger partial charge is 0.376 e.